The summed E-state index contributed by atoms with van der Waals surface area (Å²) in [5.41, 5.74) is 0.967. The molecule has 0 radical (unpaired) electrons. The number of carbonyl (C=O) groups excluding carboxylic acids is 1. The summed E-state index contributed by atoms with van der Waals surface area (Å²) in [4.78, 5) is 11.7. The van der Waals surface area contributed by atoms with Crippen LogP contribution in [0.4, 0.5) is 4.39 Å². The Hall–Kier alpha value is -1.62. The smallest absolute Gasteiger partial charge is 0.341 e. The Kier molecular flexibility index (Phi) is 4.95. The molecule has 0 bridgehead atoms. The van der Waals surface area contributed by atoms with E-state index in [1.807, 2.05) is 0 Å². The van der Waals surface area contributed by atoms with Gasteiger partial charge in [-0.1, -0.05) is 0 Å². The van der Waals surface area contributed by atoms with E-state index in [9.17, 15) is 9.18 Å². The fourth-order valence-corrected chi connectivity index (χ4v) is 2.66. The molecule has 0 unspecified atom stereocenters. The number of halogens is 1. The maximum Gasteiger partial charge on any atom is 0.341 e. The summed E-state index contributed by atoms with van der Waals surface area (Å²) in [7, 11) is 2.62. The van der Waals surface area contributed by atoms with E-state index >= 15 is 0 Å². The number of methoxy groups -OCH3 is 2. The number of piperidine rings is 1. The number of ether oxygens (including phenoxy) is 2. The number of hydrogen-bond donors (Lipinski definition) is 1. The van der Waals surface area contributed by atoms with Crippen LogP contribution in [0, 0.1) is 11.7 Å². The van der Waals surface area contributed by atoms with Crippen molar-refractivity contribution >= 4 is 5.97 Å². The molecule has 5 heteroatoms. The van der Waals surface area contributed by atoms with Crippen LogP contribution in [0.2, 0.25) is 0 Å². The van der Waals surface area contributed by atoms with Crippen LogP contribution in [0.5, 0.6) is 5.75 Å². The maximum absolute atomic E-state index is 14.0. The Bertz CT molecular complexity index is 484. The van der Waals surface area contributed by atoms with Crippen LogP contribution in [0.3, 0.4) is 0 Å². The molecule has 0 amide bonds. The van der Waals surface area contributed by atoms with Crippen molar-refractivity contribution in [2.75, 3.05) is 27.3 Å². The maximum atomic E-state index is 14.0. The highest BCUT2D eigenvalue weighted by atomic mass is 19.1. The van der Waals surface area contributed by atoms with E-state index in [1.165, 1.54) is 20.3 Å². The van der Waals surface area contributed by atoms with Crippen molar-refractivity contribution in [1.82, 2.24) is 5.32 Å². The summed E-state index contributed by atoms with van der Waals surface area (Å²) < 4.78 is 23.7. The highest BCUT2D eigenvalue weighted by molar-refractivity contribution is 5.92. The highest BCUT2D eigenvalue weighted by Crippen LogP contribution is 2.27. The second-order valence-electron chi connectivity index (χ2n) is 5.05. The van der Waals surface area contributed by atoms with Crippen LogP contribution in [0.25, 0.3) is 0 Å². The van der Waals surface area contributed by atoms with Gasteiger partial charge in [0.25, 0.3) is 0 Å². The number of hydrogen-bond acceptors (Lipinski definition) is 4. The molecule has 2 rings (SSSR count). The van der Waals surface area contributed by atoms with Gasteiger partial charge in [-0.15, -0.1) is 0 Å². The number of benzene rings is 1. The summed E-state index contributed by atoms with van der Waals surface area (Å²) in [6.45, 7) is 1.99. The fourth-order valence-electron chi connectivity index (χ4n) is 2.66. The van der Waals surface area contributed by atoms with Gasteiger partial charge < -0.3 is 14.8 Å². The molecule has 4 nitrogen and oxygen atoms in total. The van der Waals surface area contributed by atoms with Gasteiger partial charge in [0.05, 0.1) is 14.2 Å². The predicted octanol–water partition coefficient (Wildman–Crippen LogP) is 2.16. The molecule has 1 aliphatic rings. The minimum atomic E-state index is -0.576. The van der Waals surface area contributed by atoms with Crippen LogP contribution < -0.4 is 10.1 Å². The molecular formula is C15H20FNO3. The first-order chi connectivity index (χ1) is 9.65. The monoisotopic (exact) mass is 281 g/mol. The van der Waals surface area contributed by atoms with Crippen molar-refractivity contribution < 1.29 is 18.7 Å². The van der Waals surface area contributed by atoms with Crippen LogP contribution in [-0.4, -0.2) is 33.3 Å². The Morgan fingerprint density at radius 3 is 2.65 bits per heavy atom. The number of esters is 1. The Morgan fingerprint density at radius 1 is 1.35 bits per heavy atom. The average molecular weight is 281 g/mol. The second kappa shape index (κ2) is 6.70. The molecule has 1 aromatic carbocycles. The third-order valence-corrected chi connectivity index (χ3v) is 3.70. The molecule has 0 atom stereocenters. The molecule has 1 fully saturated rings. The standard InChI is InChI=1S/C15H20FNO3/c1-19-14-12(15(18)20-2)8-11(9-13(14)16)7-10-3-5-17-6-4-10/h8-10,17H,3-7H2,1-2H3. The van der Waals surface area contributed by atoms with E-state index in [0.717, 1.165) is 37.9 Å². The van der Waals surface area contributed by atoms with E-state index in [4.69, 9.17) is 4.74 Å². The van der Waals surface area contributed by atoms with Gasteiger partial charge in [0, 0.05) is 0 Å². The van der Waals surface area contributed by atoms with Crippen molar-refractivity contribution in [3.8, 4) is 5.75 Å². The molecule has 0 aliphatic carbocycles. The second-order valence-corrected chi connectivity index (χ2v) is 5.05. The first kappa shape index (κ1) is 14.8. The molecule has 1 saturated heterocycles. The van der Waals surface area contributed by atoms with E-state index in [2.05, 4.69) is 10.1 Å². The van der Waals surface area contributed by atoms with Crippen molar-refractivity contribution in [3.05, 3.63) is 29.1 Å². The molecular weight excluding hydrogens is 261 g/mol. The van der Waals surface area contributed by atoms with E-state index in [1.54, 1.807) is 6.07 Å². The van der Waals surface area contributed by atoms with Crippen molar-refractivity contribution in [1.29, 1.82) is 0 Å². The van der Waals surface area contributed by atoms with Crippen molar-refractivity contribution in [3.63, 3.8) is 0 Å². The van der Waals surface area contributed by atoms with E-state index < -0.39 is 11.8 Å². The van der Waals surface area contributed by atoms with Gasteiger partial charge in [0.2, 0.25) is 0 Å². The summed E-state index contributed by atoms with van der Waals surface area (Å²) >= 11 is 0. The molecule has 110 valence electrons. The molecule has 0 aromatic heterocycles. The van der Waals surface area contributed by atoms with E-state index in [-0.39, 0.29) is 11.3 Å². The van der Waals surface area contributed by atoms with Gasteiger partial charge in [-0.05, 0) is 56.0 Å². The lowest BCUT2D eigenvalue weighted by Gasteiger charge is -2.23. The van der Waals surface area contributed by atoms with Crippen LogP contribution in [-0.2, 0) is 11.2 Å². The summed E-state index contributed by atoms with van der Waals surface area (Å²) in [5.74, 6) is -0.618. The molecule has 1 aromatic rings. The first-order valence-corrected chi connectivity index (χ1v) is 6.81. The minimum Gasteiger partial charge on any atom is -0.493 e. The molecule has 1 aliphatic heterocycles. The van der Waals surface area contributed by atoms with Crippen LogP contribution >= 0.6 is 0 Å². The number of carbonyl (C=O) groups is 1. The minimum absolute atomic E-state index is 0.0501. The lowest BCUT2D eigenvalue weighted by Crippen LogP contribution is -2.28. The number of nitrogens with one attached hydrogen (secondary N) is 1. The summed E-state index contributed by atoms with van der Waals surface area (Å²) in [6.07, 6.45) is 2.91. The zero-order valence-corrected chi connectivity index (χ0v) is 11.9. The Balaban J connectivity index is 2.25. The van der Waals surface area contributed by atoms with Gasteiger partial charge >= 0.3 is 5.97 Å². The van der Waals surface area contributed by atoms with E-state index in [0.29, 0.717) is 5.92 Å². The highest BCUT2D eigenvalue weighted by Gasteiger charge is 2.20. The van der Waals surface area contributed by atoms with Crippen LogP contribution in [0.1, 0.15) is 28.8 Å². The molecule has 20 heavy (non-hydrogen) atoms. The summed E-state index contributed by atoms with van der Waals surface area (Å²) in [5, 5.41) is 3.30. The number of rotatable bonds is 4. The quantitative estimate of drug-likeness (QED) is 0.859. The fraction of sp³-hybridized carbons (Fsp3) is 0.533. The van der Waals surface area contributed by atoms with Gasteiger partial charge in [-0.3, -0.25) is 0 Å². The lowest BCUT2D eigenvalue weighted by molar-refractivity contribution is 0.0596. The predicted molar refractivity (Wildman–Crippen MR) is 73.6 cm³/mol. The Labute approximate surface area is 118 Å². The van der Waals surface area contributed by atoms with Gasteiger partial charge in [0.1, 0.15) is 5.56 Å². The zero-order valence-electron chi connectivity index (χ0n) is 11.9. The largest absolute Gasteiger partial charge is 0.493 e. The molecule has 0 saturated carbocycles. The summed E-state index contributed by atoms with van der Waals surface area (Å²) in [6, 6.07) is 3.13. The van der Waals surface area contributed by atoms with Gasteiger partial charge in [-0.25, -0.2) is 9.18 Å². The topological polar surface area (TPSA) is 47.6 Å². The van der Waals surface area contributed by atoms with Crippen molar-refractivity contribution in [2.45, 2.75) is 19.3 Å². The molecule has 1 N–H and O–H groups in total. The molecule has 1 heterocycles. The third-order valence-electron chi connectivity index (χ3n) is 3.70. The van der Waals surface area contributed by atoms with Gasteiger partial charge in [-0.2, -0.15) is 0 Å². The first-order valence-electron chi connectivity index (χ1n) is 6.81. The van der Waals surface area contributed by atoms with Gasteiger partial charge in [0.15, 0.2) is 11.6 Å². The zero-order chi connectivity index (χ0) is 14.5. The normalized spacial score (nSPS) is 15.9. The average Bonchev–Trinajstić information content (AvgIpc) is 2.47. The lowest BCUT2D eigenvalue weighted by atomic mass is 9.90. The SMILES string of the molecule is COC(=O)c1cc(CC2CCNCC2)cc(F)c1OC. The third kappa shape index (κ3) is 3.28. The Morgan fingerprint density at radius 2 is 2.05 bits per heavy atom. The molecule has 0 spiro atoms. The van der Waals surface area contributed by atoms with Crippen LogP contribution in [0.15, 0.2) is 12.1 Å². The van der Waals surface area contributed by atoms with Crippen molar-refractivity contribution in [2.24, 2.45) is 5.92 Å².